The number of carbonyl (C=O) groups is 1. The highest BCUT2D eigenvalue weighted by atomic mass is 16.2. The van der Waals surface area contributed by atoms with Gasteiger partial charge in [-0.2, -0.15) is 5.10 Å². The van der Waals surface area contributed by atoms with Gasteiger partial charge >= 0.3 is 0 Å². The number of aromatic nitrogens is 2. The van der Waals surface area contributed by atoms with Crippen molar-refractivity contribution in [2.75, 3.05) is 13.1 Å². The zero-order valence-corrected chi connectivity index (χ0v) is 11.0. The predicted molar refractivity (Wildman–Crippen MR) is 69.9 cm³/mol. The Labute approximate surface area is 108 Å². The lowest BCUT2D eigenvalue weighted by Gasteiger charge is -2.35. The maximum atomic E-state index is 12.2. The number of aryl methyl sites for hydroxylation is 2. The van der Waals surface area contributed by atoms with Crippen LogP contribution in [0.5, 0.6) is 0 Å². The fourth-order valence-electron chi connectivity index (χ4n) is 2.57. The Morgan fingerprint density at radius 1 is 1.56 bits per heavy atom. The minimum absolute atomic E-state index is 0.231. The van der Waals surface area contributed by atoms with Crippen molar-refractivity contribution in [2.24, 2.45) is 12.8 Å². The Morgan fingerprint density at radius 2 is 2.39 bits per heavy atom. The van der Waals surface area contributed by atoms with E-state index in [9.17, 15) is 4.79 Å². The smallest absolute Gasteiger partial charge is 0.223 e. The summed E-state index contributed by atoms with van der Waals surface area (Å²) in [6.07, 6.45) is 8.45. The van der Waals surface area contributed by atoms with Crippen LogP contribution in [0.15, 0.2) is 12.4 Å². The van der Waals surface area contributed by atoms with E-state index in [0.717, 1.165) is 31.4 Å². The quantitative estimate of drug-likeness (QED) is 0.855. The largest absolute Gasteiger partial charge is 0.338 e. The lowest BCUT2D eigenvalue weighted by Crippen LogP contribution is -2.47. The number of amides is 1. The molecule has 1 aromatic heterocycles. The van der Waals surface area contributed by atoms with Gasteiger partial charge in [0.2, 0.25) is 5.91 Å². The average molecular weight is 250 g/mol. The highest BCUT2D eigenvalue weighted by Crippen LogP contribution is 2.17. The summed E-state index contributed by atoms with van der Waals surface area (Å²) in [4.78, 5) is 14.2. The highest BCUT2D eigenvalue weighted by molar-refractivity contribution is 5.76. The number of nitrogens with two attached hydrogens (primary N) is 1. The SMILES string of the molecule is Cn1cc(CCC(=O)N2CCCCC2CN)cn1. The van der Waals surface area contributed by atoms with Crippen LogP contribution in [-0.2, 0) is 18.3 Å². The van der Waals surface area contributed by atoms with Crippen LogP contribution in [0.2, 0.25) is 0 Å². The Kier molecular flexibility index (Phi) is 4.36. The van der Waals surface area contributed by atoms with Crippen molar-refractivity contribution in [1.29, 1.82) is 0 Å². The number of nitrogens with zero attached hydrogens (tertiary/aromatic N) is 3. The molecule has 1 fully saturated rings. The number of likely N-dealkylation sites (tertiary alicyclic amines) is 1. The van der Waals surface area contributed by atoms with Crippen molar-refractivity contribution in [1.82, 2.24) is 14.7 Å². The first-order valence-corrected chi connectivity index (χ1v) is 6.67. The van der Waals surface area contributed by atoms with Crippen LogP contribution in [0.1, 0.15) is 31.2 Å². The van der Waals surface area contributed by atoms with Crippen molar-refractivity contribution in [3.63, 3.8) is 0 Å². The van der Waals surface area contributed by atoms with Gasteiger partial charge in [0.25, 0.3) is 0 Å². The lowest BCUT2D eigenvalue weighted by molar-refractivity contribution is -0.134. The molecule has 1 aliphatic rings. The molecule has 0 spiro atoms. The van der Waals surface area contributed by atoms with Gasteiger partial charge in [0.1, 0.15) is 0 Å². The van der Waals surface area contributed by atoms with Crippen LogP contribution in [-0.4, -0.2) is 39.7 Å². The topological polar surface area (TPSA) is 64.2 Å². The first-order valence-electron chi connectivity index (χ1n) is 6.67. The minimum Gasteiger partial charge on any atom is -0.338 e. The summed E-state index contributed by atoms with van der Waals surface area (Å²) < 4.78 is 1.77. The van der Waals surface area contributed by atoms with E-state index in [4.69, 9.17) is 5.73 Å². The van der Waals surface area contributed by atoms with Crippen molar-refractivity contribution in [3.05, 3.63) is 18.0 Å². The summed E-state index contributed by atoms with van der Waals surface area (Å²) in [5.41, 5.74) is 6.85. The third-order valence-electron chi connectivity index (χ3n) is 3.61. The third kappa shape index (κ3) is 3.10. The highest BCUT2D eigenvalue weighted by Gasteiger charge is 2.24. The molecule has 5 heteroatoms. The van der Waals surface area contributed by atoms with Gasteiger partial charge in [0.05, 0.1) is 6.20 Å². The van der Waals surface area contributed by atoms with E-state index in [2.05, 4.69) is 5.10 Å². The first kappa shape index (κ1) is 13.1. The number of carbonyl (C=O) groups excluding carboxylic acids is 1. The van der Waals surface area contributed by atoms with Crippen molar-refractivity contribution >= 4 is 5.91 Å². The molecule has 1 amide bonds. The monoisotopic (exact) mass is 250 g/mol. The van der Waals surface area contributed by atoms with Gasteiger partial charge in [-0.15, -0.1) is 0 Å². The van der Waals surface area contributed by atoms with Crippen LogP contribution >= 0.6 is 0 Å². The van der Waals surface area contributed by atoms with Crippen molar-refractivity contribution in [3.8, 4) is 0 Å². The molecule has 0 aliphatic carbocycles. The molecule has 1 atom stereocenters. The molecule has 0 aromatic carbocycles. The Hall–Kier alpha value is -1.36. The second-order valence-corrected chi connectivity index (χ2v) is 4.99. The number of piperidine rings is 1. The summed E-state index contributed by atoms with van der Waals surface area (Å²) >= 11 is 0. The summed E-state index contributed by atoms with van der Waals surface area (Å²) in [5, 5.41) is 4.11. The van der Waals surface area contributed by atoms with Gasteiger partial charge in [0, 0.05) is 38.8 Å². The van der Waals surface area contributed by atoms with Crippen LogP contribution in [0.3, 0.4) is 0 Å². The standard InChI is InChI=1S/C13H22N4O/c1-16-10-11(9-15-16)5-6-13(18)17-7-3-2-4-12(17)8-14/h9-10,12H,2-8,14H2,1H3. The fourth-order valence-corrected chi connectivity index (χ4v) is 2.57. The van der Waals surface area contributed by atoms with Crippen molar-refractivity contribution < 1.29 is 4.79 Å². The molecule has 1 unspecified atom stereocenters. The van der Waals surface area contributed by atoms with Crippen molar-refractivity contribution in [2.45, 2.75) is 38.1 Å². The van der Waals surface area contributed by atoms with E-state index in [1.807, 2.05) is 24.3 Å². The number of hydrogen-bond donors (Lipinski definition) is 1. The predicted octanol–water partition coefficient (Wildman–Crippen LogP) is 0.693. The van der Waals surface area contributed by atoms with Crippen LogP contribution in [0, 0.1) is 0 Å². The maximum Gasteiger partial charge on any atom is 0.223 e. The zero-order chi connectivity index (χ0) is 13.0. The van der Waals surface area contributed by atoms with Gasteiger partial charge in [-0.3, -0.25) is 9.48 Å². The molecule has 2 N–H and O–H groups in total. The minimum atomic E-state index is 0.231. The molecule has 5 nitrogen and oxygen atoms in total. The van der Waals surface area contributed by atoms with Crippen LogP contribution < -0.4 is 5.73 Å². The molecule has 0 radical (unpaired) electrons. The Balaban J connectivity index is 1.86. The molecular formula is C13H22N4O. The molecule has 0 bridgehead atoms. The zero-order valence-electron chi connectivity index (χ0n) is 11.0. The second-order valence-electron chi connectivity index (χ2n) is 4.99. The number of rotatable bonds is 4. The van der Waals surface area contributed by atoms with E-state index in [0.29, 0.717) is 13.0 Å². The Morgan fingerprint density at radius 3 is 3.06 bits per heavy atom. The van der Waals surface area contributed by atoms with Crippen LogP contribution in [0.25, 0.3) is 0 Å². The molecule has 1 saturated heterocycles. The van der Waals surface area contributed by atoms with Gasteiger partial charge in [-0.1, -0.05) is 0 Å². The summed E-state index contributed by atoms with van der Waals surface area (Å²) in [5.74, 6) is 0.231. The normalized spacial score (nSPS) is 20.1. The molecule has 100 valence electrons. The van der Waals surface area contributed by atoms with E-state index < -0.39 is 0 Å². The molecule has 2 rings (SSSR count). The van der Waals surface area contributed by atoms with Gasteiger partial charge < -0.3 is 10.6 Å². The summed E-state index contributed by atoms with van der Waals surface area (Å²) in [7, 11) is 1.89. The molecule has 18 heavy (non-hydrogen) atoms. The van der Waals surface area contributed by atoms with E-state index in [1.54, 1.807) is 4.68 Å². The van der Waals surface area contributed by atoms with E-state index in [1.165, 1.54) is 6.42 Å². The average Bonchev–Trinajstić information content (AvgIpc) is 2.81. The molecule has 1 aliphatic heterocycles. The summed E-state index contributed by atoms with van der Waals surface area (Å²) in [6.45, 7) is 1.45. The molecular weight excluding hydrogens is 228 g/mol. The van der Waals surface area contributed by atoms with Gasteiger partial charge in [-0.25, -0.2) is 0 Å². The second kappa shape index (κ2) is 6.00. The van der Waals surface area contributed by atoms with E-state index >= 15 is 0 Å². The maximum absolute atomic E-state index is 12.2. The van der Waals surface area contributed by atoms with Gasteiger partial charge in [-0.05, 0) is 31.2 Å². The molecule has 0 saturated carbocycles. The Bertz CT molecular complexity index is 401. The molecule has 2 heterocycles. The first-order chi connectivity index (χ1) is 8.70. The fraction of sp³-hybridized carbons (Fsp3) is 0.692. The van der Waals surface area contributed by atoms with Gasteiger partial charge in [0.15, 0.2) is 0 Å². The molecule has 1 aromatic rings. The lowest BCUT2D eigenvalue weighted by atomic mass is 10.0. The van der Waals surface area contributed by atoms with Crippen LogP contribution in [0.4, 0.5) is 0 Å². The third-order valence-corrected chi connectivity index (χ3v) is 3.61. The number of hydrogen-bond acceptors (Lipinski definition) is 3. The summed E-state index contributed by atoms with van der Waals surface area (Å²) in [6, 6.07) is 0.250. The van der Waals surface area contributed by atoms with E-state index in [-0.39, 0.29) is 11.9 Å².